The van der Waals surface area contributed by atoms with Crippen LogP contribution in [0.5, 0.6) is 0 Å². The van der Waals surface area contributed by atoms with Gasteiger partial charge in [0.15, 0.2) is 0 Å². The smallest absolute Gasteiger partial charge is 0.338 e. The van der Waals surface area contributed by atoms with Gasteiger partial charge >= 0.3 is 5.97 Å². The van der Waals surface area contributed by atoms with Gasteiger partial charge in [0.05, 0.1) is 18.8 Å². The Morgan fingerprint density at radius 2 is 1.88 bits per heavy atom. The Labute approximate surface area is 146 Å². The van der Waals surface area contributed by atoms with Gasteiger partial charge in [0.1, 0.15) is 5.69 Å². The highest BCUT2D eigenvalue weighted by Crippen LogP contribution is 2.13. The number of hydrogen-bond acceptors (Lipinski definition) is 6. The highest BCUT2D eigenvalue weighted by atomic mass is 16.5. The van der Waals surface area contributed by atoms with E-state index in [2.05, 4.69) is 15.6 Å². The molecule has 132 valence electrons. The zero-order valence-corrected chi connectivity index (χ0v) is 14.2. The number of anilines is 2. The molecular formula is C18H21N3O4. The summed E-state index contributed by atoms with van der Waals surface area (Å²) in [6, 6.07) is 9.93. The van der Waals surface area contributed by atoms with Gasteiger partial charge in [-0.1, -0.05) is 0 Å². The van der Waals surface area contributed by atoms with Crippen LogP contribution in [-0.2, 0) is 9.47 Å². The van der Waals surface area contributed by atoms with Crippen LogP contribution in [0.4, 0.5) is 11.4 Å². The lowest BCUT2D eigenvalue weighted by molar-refractivity contribution is 0.0526. The Morgan fingerprint density at radius 1 is 1.12 bits per heavy atom. The number of benzene rings is 1. The molecule has 0 spiro atoms. The number of carbonyl (C=O) groups is 2. The third-order valence-corrected chi connectivity index (χ3v) is 3.28. The van der Waals surface area contributed by atoms with E-state index < -0.39 is 5.97 Å². The lowest BCUT2D eigenvalue weighted by atomic mass is 10.2. The number of esters is 1. The van der Waals surface area contributed by atoms with Crippen molar-refractivity contribution in [2.24, 2.45) is 0 Å². The highest BCUT2D eigenvalue weighted by molar-refractivity contribution is 6.03. The van der Waals surface area contributed by atoms with Crippen LogP contribution < -0.4 is 10.6 Å². The van der Waals surface area contributed by atoms with Gasteiger partial charge in [0.25, 0.3) is 5.91 Å². The first-order chi connectivity index (χ1) is 12.1. The molecule has 1 heterocycles. The van der Waals surface area contributed by atoms with E-state index in [1.165, 1.54) is 0 Å². The van der Waals surface area contributed by atoms with Crippen LogP contribution in [0.15, 0.2) is 42.6 Å². The molecule has 0 aliphatic rings. The van der Waals surface area contributed by atoms with Gasteiger partial charge in [-0.3, -0.25) is 9.78 Å². The molecule has 0 aliphatic carbocycles. The van der Waals surface area contributed by atoms with E-state index in [1.54, 1.807) is 56.6 Å². The minimum absolute atomic E-state index is 0.289. The van der Waals surface area contributed by atoms with Crippen molar-refractivity contribution in [2.45, 2.75) is 6.92 Å². The Bertz CT molecular complexity index is 717. The van der Waals surface area contributed by atoms with Crippen LogP contribution in [0.2, 0.25) is 0 Å². The number of carbonyl (C=O) groups excluding carboxylic acids is 2. The van der Waals surface area contributed by atoms with Gasteiger partial charge < -0.3 is 20.1 Å². The number of pyridine rings is 1. The first-order valence-corrected chi connectivity index (χ1v) is 7.91. The SMILES string of the molecule is CCOC(=O)c1ccc(NC(=O)c2cc(NCCOC)ccn2)cc1. The Balaban J connectivity index is 1.99. The largest absolute Gasteiger partial charge is 0.462 e. The van der Waals surface area contributed by atoms with Crippen molar-refractivity contribution in [1.82, 2.24) is 4.98 Å². The third-order valence-electron chi connectivity index (χ3n) is 3.28. The van der Waals surface area contributed by atoms with Gasteiger partial charge in [-0.25, -0.2) is 4.79 Å². The molecule has 2 N–H and O–H groups in total. The Morgan fingerprint density at radius 3 is 2.56 bits per heavy atom. The fraction of sp³-hybridized carbons (Fsp3) is 0.278. The topological polar surface area (TPSA) is 89.5 Å². The van der Waals surface area contributed by atoms with Crippen LogP contribution in [0, 0.1) is 0 Å². The standard InChI is InChI=1S/C18H21N3O4/c1-3-25-18(23)13-4-6-14(7-5-13)21-17(22)16-12-15(8-9-20-16)19-10-11-24-2/h4-9,12H,3,10-11H2,1-2H3,(H,19,20)(H,21,22). The van der Waals surface area contributed by atoms with Gasteiger partial charge in [-0.05, 0) is 43.3 Å². The first kappa shape index (κ1) is 18.4. The fourth-order valence-electron chi connectivity index (χ4n) is 2.06. The lowest BCUT2D eigenvalue weighted by Crippen LogP contribution is -2.15. The second-order valence-corrected chi connectivity index (χ2v) is 5.10. The minimum atomic E-state index is -0.392. The molecule has 2 rings (SSSR count). The zero-order valence-electron chi connectivity index (χ0n) is 14.2. The quantitative estimate of drug-likeness (QED) is 0.566. The zero-order chi connectivity index (χ0) is 18.1. The molecular weight excluding hydrogens is 322 g/mol. The predicted molar refractivity (Wildman–Crippen MR) is 95.0 cm³/mol. The first-order valence-electron chi connectivity index (χ1n) is 7.91. The second-order valence-electron chi connectivity index (χ2n) is 5.10. The maximum Gasteiger partial charge on any atom is 0.338 e. The molecule has 2 aromatic rings. The van der Waals surface area contributed by atoms with Crippen molar-refractivity contribution in [3.63, 3.8) is 0 Å². The third kappa shape index (κ3) is 5.58. The van der Waals surface area contributed by atoms with E-state index in [1.807, 2.05) is 0 Å². The summed E-state index contributed by atoms with van der Waals surface area (Å²) in [4.78, 5) is 28.0. The number of amides is 1. The van der Waals surface area contributed by atoms with Crippen LogP contribution in [0.3, 0.4) is 0 Å². The summed E-state index contributed by atoms with van der Waals surface area (Å²) in [6.07, 6.45) is 1.56. The van der Waals surface area contributed by atoms with Crippen LogP contribution in [-0.4, -0.2) is 43.7 Å². The summed E-state index contributed by atoms with van der Waals surface area (Å²) in [5, 5.41) is 5.89. The number of hydrogen-bond donors (Lipinski definition) is 2. The molecule has 0 unspecified atom stereocenters. The van der Waals surface area contributed by atoms with Crippen molar-refractivity contribution in [1.29, 1.82) is 0 Å². The summed E-state index contributed by atoms with van der Waals surface area (Å²) in [7, 11) is 1.63. The molecule has 1 aromatic heterocycles. The average Bonchev–Trinajstić information content (AvgIpc) is 2.63. The average molecular weight is 343 g/mol. The van der Waals surface area contributed by atoms with Crippen LogP contribution in [0.25, 0.3) is 0 Å². The van der Waals surface area contributed by atoms with Crippen molar-refractivity contribution >= 4 is 23.3 Å². The number of nitrogens with one attached hydrogen (secondary N) is 2. The molecule has 25 heavy (non-hydrogen) atoms. The Kier molecular flexibility index (Phi) is 6.91. The van der Waals surface area contributed by atoms with E-state index in [4.69, 9.17) is 9.47 Å². The van der Waals surface area contributed by atoms with Crippen LogP contribution >= 0.6 is 0 Å². The monoisotopic (exact) mass is 343 g/mol. The molecule has 0 bridgehead atoms. The maximum atomic E-state index is 12.3. The molecule has 7 heteroatoms. The normalized spacial score (nSPS) is 10.2. The minimum Gasteiger partial charge on any atom is -0.462 e. The highest BCUT2D eigenvalue weighted by Gasteiger charge is 2.10. The van der Waals surface area contributed by atoms with E-state index in [0.717, 1.165) is 5.69 Å². The molecule has 0 radical (unpaired) electrons. The van der Waals surface area contributed by atoms with E-state index in [0.29, 0.717) is 31.0 Å². The summed E-state index contributed by atoms with van der Waals surface area (Å²) < 4.78 is 9.89. The van der Waals surface area contributed by atoms with E-state index in [9.17, 15) is 9.59 Å². The van der Waals surface area contributed by atoms with Crippen molar-refractivity contribution < 1.29 is 19.1 Å². The number of ether oxygens (including phenoxy) is 2. The van der Waals surface area contributed by atoms with Crippen molar-refractivity contribution in [2.75, 3.05) is 37.5 Å². The van der Waals surface area contributed by atoms with Crippen molar-refractivity contribution in [3.05, 3.63) is 53.9 Å². The number of rotatable bonds is 8. The predicted octanol–water partition coefficient (Wildman–Crippen LogP) is 2.57. The van der Waals surface area contributed by atoms with Crippen LogP contribution in [0.1, 0.15) is 27.8 Å². The molecule has 7 nitrogen and oxygen atoms in total. The van der Waals surface area contributed by atoms with Gasteiger partial charge in [0, 0.05) is 31.2 Å². The van der Waals surface area contributed by atoms with Gasteiger partial charge in [-0.2, -0.15) is 0 Å². The molecule has 1 aromatic carbocycles. The fourth-order valence-corrected chi connectivity index (χ4v) is 2.06. The maximum absolute atomic E-state index is 12.3. The summed E-state index contributed by atoms with van der Waals surface area (Å²) in [5.41, 5.74) is 2.08. The number of methoxy groups -OCH3 is 1. The van der Waals surface area contributed by atoms with Crippen molar-refractivity contribution in [3.8, 4) is 0 Å². The van der Waals surface area contributed by atoms with Gasteiger partial charge in [-0.15, -0.1) is 0 Å². The molecule has 0 saturated carbocycles. The molecule has 1 amide bonds. The summed E-state index contributed by atoms with van der Waals surface area (Å²) in [6.45, 7) is 3.27. The number of nitrogens with zero attached hydrogens (tertiary/aromatic N) is 1. The lowest BCUT2D eigenvalue weighted by Gasteiger charge is -2.08. The number of aromatic nitrogens is 1. The second kappa shape index (κ2) is 9.39. The van der Waals surface area contributed by atoms with Gasteiger partial charge in [0.2, 0.25) is 0 Å². The van der Waals surface area contributed by atoms with E-state index in [-0.39, 0.29) is 11.6 Å². The summed E-state index contributed by atoms with van der Waals surface area (Å²) >= 11 is 0. The van der Waals surface area contributed by atoms with E-state index >= 15 is 0 Å². The molecule has 0 aliphatic heterocycles. The summed E-state index contributed by atoms with van der Waals surface area (Å²) in [5.74, 6) is -0.726. The Hall–Kier alpha value is -2.93. The molecule has 0 fully saturated rings. The molecule has 0 atom stereocenters. The molecule has 0 saturated heterocycles.